The summed E-state index contributed by atoms with van der Waals surface area (Å²) in [5.41, 5.74) is 1.75. The average Bonchev–Trinajstić information content (AvgIpc) is 2.85. The fraction of sp³-hybridized carbons (Fsp3) is 0.250. The van der Waals surface area contributed by atoms with Gasteiger partial charge >= 0.3 is 5.97 Å². The molecule has 0 saturated heterocycles. The topological polar surface area (TPSA) is 115 Å². The van der Waals surface area contributed by atoms with E-state index >= 15 is 0 Å². The third kappa shape index (κ3) is 2.89. The van der Waals surface area contributed by atoms with E-state index in [1.807, 2.05) is 0 Å². The van der Waals surface area contributed by atoms with Crippen molar-refractivity contribution in [2.75, 3.05) is 6.61 Å². The number of aliphatic hydroxyl groups is 1. The molecule has 0 aliphatic heterocycles. The van der Waals surface area contributed by atoms with Gasteiger partial charge in [0.15, 0.2) is 0 Å². The van der Waals surface area contributed by atoms with E-state index in [2.05, 4.69) is 15.3 Å². The minimum Gasteiger partial charge on any atom is -0.480 e. The molecule has 2 aromatic rings. The Hall–Kier alpha value is -2.41. The maximum atomic E-state index is 11.9. The predicted octanol–water partition coefficient (Wildman–Crippen LogP) is 0.128. The Balaban J connectivity index is 2.16. The van der Waals surface area contributed by atoms with Gasteiger partial charge in [-0.05, 0) is 18.2 Å². The number of carboxylic acids is 1. The van der Waals surface area contributed by atoms with Gasteiger partial charge in [-0.3, -0.25) is 4.79 Å². The van der Waals surface area contributed by atoms with Crippen molar-refractivity contribution in [3.63, 3.8) is 0 Å². The third-order valence-electron chi connectivity index (χ3n) is 2.70. The molecule has 100 valence electrons. The van der Waals surface area contributed by atoms with Crippen molar-refractivity contribution in [2.45, 2.75) is 12.5 Å². The van der Waals surface area contributed by atoms with E-state index in [0.29, 0.717) is 11.1 Å². The number of hydrogen-bond acceptors (Lipinski definition) is 4. The Kier molecular flexibility index (Phi) is 3.76. The molecule has 0 saturated carbocycles. The second-order valence-electron chi connectivity index (χ2n) is 4.01. The van der Waals surface area contributed by atoms with Crippen LogP contribution in [0.25, 0.3) is 11.0 Å². The lowest BCUT2D eigenvalue weighted by atomic mass is 10.1. The number of aliphatic hydroxyl groups excluding tert-OH is 1. The summed E-state index contributed by atoms with van der Waals surface area (Å²) in [7, 11) is 0. The molecular formula is C12H13N3O4. The number of carboxylic acid groups (broad SMARTS) is 1. The van der Waals surface area contributed by atoms with Crippen molar-refractivity contribution in [1.82, 2.24) is 15.3 Å². The van der Waals surface area contributed by atoms with Crippen molar-refractivity contribution >= 4 is 22.9 Å². The van der Waals surface area contributed by atoms with Gasteiger partial charge in [0.2, 0.25) is 0 Å². The molecule has 7 nitrogen and oxygen atoms in total. The number of fused-ring (bicyclic) bond motifs is 1. The molecule has 0 radical (unpaired) electrons. The van der Waals surface area contributed by atoms with Crippen LogP contribution in [0.5, 0.6) is 0 Å². The number of aliphatic carboxylic acids is 1. The van der Waals surface area contributed by atoms with Gasteiger partial charge < -0.3 is 20.5 Å². The standard InChI is InChI=1S/C12H13N3O4/c16-4-3-9(12(18)19)15-11(17)7-1-2-8-10(5-7)14-6-13-8/h1-2,5-6,9,16H,3-4H2,(H,13,14)(H,15,17)(H,18,19)/t9-/m0/s1. The van der Waals surface area contributed by atoms with Gasteiger partial charge in [-0.15, -0.1) is 0 Å². The minimum absolute atomic E-state index is 0.0344. The maximum Gasteiger partial charge on any atom is 0.326 e. The molecule has 1 atom stereocenters. The molecule has 1 aromatic carbocycles. The van der Waals surface area contributed by atoms with E-state index in [9.17, 15) is 9.59 Å². The molecule has 1 heterocycles. The monoisotopic (exact) mass is 263 g/mol. The second kappa shape index (κ2) is 5.49. The van der Waals surface area contributed by atoms with Crippen LogP contribution in [0.4, 0.5) is 0 Å². The fourth-order valence-electron chi connectivity index (χ4n) is 1.70. The van der Waals surface area contributed by atoms with Crippen molar-refractivity contribution in [2.24, 2.45) is 0 Å². The van der Waals surface area contributed by atoms with E-state index in [4.69, 9.17) is 10.2 Å². The highest BCUT2D eigenvalue weighted by molar-refractivity contribution is 5.99. The van der Waals surface area contributed by atoms with Gasteiger partial charge in [-0.1, -0.05) is 0 Å². The lowest BCUT2D eigenvalue weighted by Gasteiger charge is -2.13. The first-order valence-corrected chi connectivity index (χ1v) is 5.69. The first-order valence-electron chi connectivity index (χ1n) is 5.69. The second-order valence-corrected chi connectivity index (χ2v) is 4.01. The first kappa shape index (κ1) is 13.0. The number of imidazole rings is 1. The number of benzene rings is 1. The van der Waals surface area contributed by atoms with Gasteiger partial charge in [-0.25, -0.2) is 9.78 Å². The number of carbonyl (C=O) groups is 2. The highest BCUT2D eigenvalue weighted by Crippen LogP contribution is 2.11. The molecule has 4 N–H and O–H groups in total. The van der Waals surface area contributed by atoms with Gasteiger partial charge in [0.25, 0.3) is 5.91 Å². The van der Waals surface area contributed by atoms with Crippen LogP contribution >= 0.6 is 0 Å². The Morgan fingerprint density at radius 2 is 2.21 bits per heavy atom. The van der Waals surface area contributed by atoms with Crippen LogP contribution in [0.1, 0.15) is 16.8 Å². The largest absolute Gasteiger partial charge is 0.480 e. The minimum atomic E-state index is -1.18. The molecule has 1 amide bonds. The highest BCUT2D eigenvalue weighted by atomic mass is 16.4. The summed E-state index contributed by atoms with van der Waals surface area (Å²) < 4.78 is 0. The molecule has 2 rings (SSSR count). The summed E-state index contributed by atoms with van der Waals surface area (Å²) in [5, 5.41) is 20.0. The van der Waals surface area contributed by atoms with Gasteiger partial charge in [0.1, 0.15) is 6.04 Å². The Bertz CT molecular complexity index is 608. The molecule has 0 spiro atoms. The summed E-state index contributed by atoms with van der Waals surface area (Å²) in [6.45, 7) is -0.309. The van der Waals surface area contributed by atoms with Gasteiger partial charge in [0, 0.05) is 18.6 Å². The quantitative estimate of drug-likeness (QED) is 0.612. The predicted molar refractivity (Wildman–Crippen MR) is 66.7 cm³/mol. The molecule has 0 unspecified atom stereocenters. The average molecular weight is 263 g/mol. The highest BCUT2D eigenvalue weighted by Gasteiger charge is 2.20. The molecule has 0 bridgehead atoms. The van der Waals surface area contributed by atoms with Gasteiger partial charge in [0.05, 0.1) is 17.4 Å². The van der Waals surface area contributed by atoms with Crippen molar-refractivity contribution in [3.05, 3.63) is 30.1 Å². The van der Waals surface area contributed by atoms with Crippen LogP contribution in [0, 0.1) is 0 Å². The zero-order valence-electron chi connectivity index (χ0n) is 9.96. The van der Waals surface area contributed by atoms with E-state index in [1.165, 1.54) is 6.33 Å². The van der Waals surface area contributed by atoms with Crippen LogP contribution in [0.15, 0.2) is 24.5 Å². The number of rotatable bonds is 5. The lowest BCUT2D eigenvalue weighted by molar-refractivity contribution is -0.139. The van der Waals surface area contributed by atoms with Crippen LogP contribution in [-0.4, -0.2) is 44.7 Å². The van der Waals surface area contributed by atoms with Crippen LogP contribution in [0.2, 0.25) is 0 Å². The SMILES string of the molecule is O=C(N[C@@H](CCO)C(=O)O)c1ccc2nc[nH]c2c1. The number of H-pyrrole nitrogens is 1. The molecule has 0 aliphatic rings. The summed E-state index contributed by atoms with van der Waals surface area (Å²) >= 11 is 0. The van der Waals surface area contributed by atoms with Crippen LogP contribution in [-0.2, 0) is 4.79 Å². The Morgan fingerprint density at radius 3 is 2.89 bits per heavy atom. The van der Waals surface area contributed by atoms with Crippen LogP contribution in [0.3, 0.4) is 0 Å². The van der Waals surface area contributed by atoms with E-state index in [0.717, 1.165) is 5.52 Å². The number of nitrogens with one attached hydrogen (secondary N) is 2. The fourth-order valence-corrected chi connectivity index (χ4v) is 1.70. The lowest BCUT2D eigenvalue weighted by Crippen LogP contribution is -2.41. The van der Waals surface area contributed by atoms with E-state index in [1.54, 1.807) is 18.2 Å². The zero-order chi connectivity index (χ0) is 13.8. The van der Waals surface area contributed by atoms with E-state index in [-0.39, 0.29) is 13.0 Å². The molecular weight excluding hydrogens is 250 g/mol. The summed E-state index contributed by atoms with van der Waals surface area (Å²) in [6, 6.07) is 3.73. The number of nitrogens with zero attached hydrogens (tertiary/aromatic N) is 1. The molecule has 0 fully saturated rings. The summed E-state index contributed by atoms with van der Waals surface area (Å²) in [4.78, 5) is 29.7. The Morgan fingerprint density at radius 1 is 1.42 bits per heavy atom. The maximum absolute atomic E-state index is 11.9. The number of aromatic nitrogens is 2. The van der Waals surface area contributed by atoms with Crippen molar-refractivity contribution in [3.8, 4) is 0 Å². The third-order valence-corrected chi connectivity index (χ3v) is 2.70. The summed E-state index contributed by atoms with van der Waals surface area (Å²) in [5.74, 6) is -1.68. The number of hydrogen-bond donors (Lipinski definition) is 4. The molecule has 19 heavy (non-hydrogen) atoms. The smallest absolute Gasteiger partial charge is 0.326 e. The first-order chi connectivity index (χ1) is 9.11. The molecule has 7 heteroatoms. The Labute approximate surface area is 108 Å². The number of amides is 1. The van der Waals surface area contributed by atoms with Crippen molar-refractivity contribution in [1.29, 1.82) is 0 Å². The summed E-state index contributed by atoms with van der Waals surface area (Å²) in [6.07, 6.45) is 1.48. The number of carbonyl (C=O) groups excluding carboxylic acids is 1. The molecule has 0 aliphatic carbocycles. The normalized spacial score (nSPS) is 12.3. The van der Waals surface area contributed by atoms with Crippen molar-refractivity contribution < 1.29 is 19.8 Å². The molecule has 1 aromatic heterocycles. The van der Waals surface area contributed by atoms with Crippen LogP contribution < -0.4 is 5.32 Å². The van der Waals surface area contributed by atoms with E-state index < -0.39 is 17.9 Å². The number of aromatic amines is 1. The zero-order valence-corrected chi connectivity index (χ0v) is 9.96. The van der Waals surface area contributed by atoms with Gasteiger partial charge in [-0.2, -0.15) is 0 Å².